The highest BCUT2D eigenvalue weighted by Gasteiger charge is 2.28. The van der Waals surface area contributed by atoms with E-state index in [2.05, 4.69) is 48.2 Å². The van der Waals surface area contributed by atoms with Crippen LogP contribution in [-0.4, -0.2) is 69.5 Å². The van der Waals surface area contributed by atoms with E-state index in [1.807, 2.05) is 0 Å². The van der Waals surface area contributed by atoms with Crippen molar-refractivity contribution in [3.05, 3.63) is 0 Å². The summed E-state index contributed by atoms with van der Waals surface area (Å²) in [5, 5.41) is 6.63. The summed E-state index contributed by atoms with van der Waals surface area (Å²) in [7, 11) is -1.14. The fraction of sp³-hybridized carbons (Fsp3) is 0.938. The SMILES string of the molecule is CCN(CC)C(CNC(=NC)NC1CCS(=O)(=O)C1)CC(C)C.I. The molecule has 0 saturated carbocycles. The molecule has 0 aromatic rings. The molecule has 0 spiro atoms. The van der Waals surface area contributed by atoms with Crippen LogP contribution in [0.25, 0.3) is 0 Å². The lowest BCUT2D eigenvalue weighted by Crippen LogP contribution is -2.50. The van der Waals surface area contributed by atoms with Gasteiger partial charge < -0.3 is 10.6 Å². The van der Waals surface area contributed by atoms with Gasteiger partial charge in [-0.2, -0.15) is 0 Å². The quantitative estimate of drug-likeness (QED) is 0.319. The minimum atomic E-state index is -2.87. The number of guanidine groups is 1. The van der Waals surface area contributed by atoms with Crippen LogP contribution in [-0.2, 0) is 9.84 Å². The van der Waals surface area contributed by atoms with Crippen LogP contribution in [0.15, 0.2) is 4.99 Å². The molecule has 8 heteroatoms. The molecule has 1 rings (SSSR count). The van der Waals surface area contributed by atoms with E-state index >= 15 is 0 Å². The highest BCUT2D eigenvalue weighted by molar-refractivity contribution is 14.0. The first kappa shape index (κ1) is 23.9. The molecule has 1 heterocycles. The zero-order chi connectivity index (χ0) is 17.5. The van der Waals surface area contributed by atoms with Crippen molar-refractivity contribution in [2.45, 2.75) is 52.6 Å². The molecule has 0 aromatic heterocycles. The molecule has 1 aliphatic rings. The number of hydrogen-bond acceptors (Lipinski definition) is 4. The van der Waals surface area contributed by atoms with E-state index in [0.717, 1.165) is 26.1 Å². The van der Waals surface area contributed by atoms with Crippen LogP contribution in [0.5, 0.6) is 0 Å². The average molecular weight is 474 g/mol. The van der Waals surface area contributed by atoms with E-state index in [0.29, 0.717) is 24.3 Å². The summed E-state index contributed by atoms with van der Waals surface area (Å²) in [6.45, 7) is 11.7. The van der Waals surface area contributed by atoms with Crippen molar-refractivity contribution in [2.24, 2.45) is 10.9 Å². The standard InChI is InChI=1S/C16H34N4O2S.HI/c1-6-20(7-2)15(10-13(3)4)11-18-16(17-5)19-14-8-9-23(21,22)12-14;/h13-15H,6-12H2,1-5H3,(H2,17,18,19);1H. The van der Waals surface area contributed by atoms with Gasteiger partial charge in [0.1, 0.15) is 0 Å². The summed E-state index contributed by atoms with van der Waals surface area (Å²) < 4.78 is 23.1. The van der Waals surface area contributed by atoms with E-state index in [9.17, 15) is 8.42 Å². The van der Waals surface area contributed by atoms with Gasteiger partial charge in [0.2, 0.25) is 0 Å². The second kappa shape index (κ2) is 11.5. The number of nitrogens with zero attached hydrogens (tertiary/aromatic N) is 2. The van der Waals surface area contributed by atoms with Gasteiger partial charge in [-0.3, -0.25) is 9.89 Å². The molecule has 0 bridgehead atoms. The molecule has 2 unspecified atom stereocenters. The first-order chi connectivity index (χ1) is 10.8. The Kier molecular flexibility index (Phi) is 11.5. The number of aliphatic imine (C=N–C) groups is 1. The Morgan fingerprint density at radius 2 is 1.92 bits per heavy atom. The van der Waals surface area contributed by atoms with Crippen LogP contribution < -0.4 is 10.6 Å². The molecule has 1 aliphatic heterocycles. The third-order valence-electron chi connectivity index (χ3n) is 4.37. The summed E-state index contributed by atoms with van der Waals surface area (Å²) in [4.78, 5) is 6.70. The van der Waals surface area contributed by atoms with Gasteiger partial charge in [-0.15, -0.1) is 24.0 Å². The van der Waals surface area contributed by atoms with Gasteiger partial charge in [0, 0.05) is 25.7 Å². The molecule has 0 aliphatic carbocycles. The number of rotatable bonds is 8. The van der Waals surface area contributed by atoms with E-state index in [1.54, 1.807) is 7.05 Å². The van der Waals surface area contributed by atoms with Crippen molar-refractivity contribution in [2.75, 3.05) is 38.2 Å². The Morgan fingerprint density at radius 1 is 1.29 bits per heavy atom. The van der Waals surface area contributed by atoms with E-state index in [-0.39, 0.29) is 41.5 Å². The molecule has 0 aromatic carbocycles. The maximum atomic E-state index is 11.6. The van der Waals surface area contributed by atoms with Gasteiger partial charge >= 0.3 is 0 Å². The van der Waals surface area contributed by atoms with Crippen molar-refractivity contribution in [3.63, 3.8) is 0 Å². The number of halogens is 1. The van der Waals surface area contributed by atoms with Crippen LogP contribution in [0.3, 0.4) is 0 Å². The van der Waals surface area contributed by atoms with Crippen LogP contribution >= 0.6 is 24.0 Å². The molecular weight excluding hydrogens is 439 g/mol. The maximum absolute atomic E-state index is 11.6. The maximum Gasteiger partial charge on any atom is 0.191 e. The summed E-state index contributed by atoms with van der Waals surface area (Å²) >= 11 is 0. The lowest BCUT2D eigenvalue weighted by Gasteiger charge is -2.32. The van der Waals surface area contributed by atoms with Gasteiger partial charge in [0.25, 0.3) is 0 Å². The first-order valence-electron chi connectivity index (χ1n) is 8.72. The first-order valence-corrected chi connectivity index (χ1v) is 10.5. The van der Waals surface area contributed by atoms with Crippen molar-refractivity contribution >= 4 is 39.8 Å². The van der Waals surface area contributed by atoms with Crippen LogP contribution in [0.2, 0.25) is 0 Å². The highest BCUT2D eigenvalue weighted by atomic mass is 127. The smallest absolute Gasteiger partial charge is 0.191 e. The Balaban J connectivity index is 0.00000529. The summed E-state index contributed by atoms with van der Waals surface area (Å²) in [5.41, 5.74) is 0. The monoisotopic (exact) mass is 474 g/mol. The van der Waals surface area contributed by atoms with Gasteiger partial charge in [-0.1, -0.05) is 27.7 Å². The fourth-order valence-electron chi connectivity index (χ4n) is 3.16. The minimum absolute atomic E-state index is 0. The van der Waals surface area contributed by atoms with Crippen molar-refractivity contribution in [1.82, 2.24) is 15.5 Å². The summed E-state index contributed by atoms with van der Waals surface area (Å²) in [6.07, 6.45) is 1.79. The number of hydrogen-bond donors (Lipinski definition) is 2. The second-order valence-corrected chi connectivity index (χ2v) is 8.93. The van der Waals surface area contributed by atoms with Crippen molar-refractivity contribution in [1.29, 1.82) is 0 Å². The Bertz CT molecular complexity index is 478. The predicted molar refractivity (Wildman–Crippen MR) is 113 cm³/mol. The van der Waals surface area contributed by atoms with E-state index in [1.165, 1.54) is 0 Å². The third-order valence-corrected chi connectivity index (χ3v) is 6.14. The normalized spacial score (nSPS) is 21.6. The Morgan fingerprint density at radius 3 is 2.33 bits per heavy atom. The second-order valence-electron chi connectivity index (χ2n) is 6.70. The van der Waals surface area contributed by atoms with Crippen LogP contribution in [0, 0.1) is 5.92 Å². The number of sulfone groups is 1. The van der Waals surface area contributed by atoms with Gasteiger partial charge in [-0.05, 0) is 31.8 Å². The van der Waals surface area contributed by atoms with E-state index < -0.39 is 9.84 Å². The summed E-state index contributed by atoms with van der Waals surface area (Å²) in [6, 6.07) is 0.430. The molecule has 0 amide bonds. The van der Waals surface area contributed by atoms with Crippen LogP contribution in [0.1, 0.15) is 40.5 Å². The molecule has 24 heavy (non-hydrogen) atoms. The molecule has 2 atom stereocenters. The van der Waals surface area contributed by atoms with Crippen LogP contribution in [0.4, 0.5) is 0 Å². The molecule has 6 nitrogen and oxygen atoms in total. The molecular formula is C16H35IN4O2S. The highest BCUT2D eigenvalue weighted by Crippen LogP contribution is 2.12. The lowest BCUT2D eigenvalue weighted by molar-refractivity contribution is 0.191. The van der Waals surface area contributed by atoms with Crippen molar-refractivity contribution < 1.29 is 8.42 Å². The van der Waals surface area contributed by atoms with E-state index in [4.69, 9.17) is 0 Å². The largest absolute Gasteiger partial charge is 0.355 e. The fourth-order valence-corrected chi connectivity index (χ4v) is 4.83. The van der Waals surface area contributed by atoms with Gasteiger partial charge in [-0.25, -0.2) is 8.42 Å². The Labute approximate surface area is 165 Å². The molecule has 2 N–H and O–H groups in total. The van der Waals surface area contributed by atoms with Gasteiger partial charge in [0.05, 0.1) is 11.5 Å². The molecule has 0 radical (unpaired) electrons. The minimum Gasteiger partial charge on any atom is -0.355 e. The third kappa shape index (κ3) is 8.33. The van der Waals surface area contributed by atoms with Gasteiger partial charge in [0.15, 0.2) is 15.8 Å². The molecule has 144 valence electrons. The topological polar surface area (TPSA) is 73.8 Å². The molecule has 1 fully saturated rings. The zero-order valence-corrected chi connectivity index (χ0v) is 18.9. The number of nitrogens with one attached hydrogen (secondary N) is 2. The predicted octanol–water partition coefficient (Wildman–Crippen LogP) is 1.71. The average Bonchev–Trinajstić information content (AvgIpc) is 2.82. The number of likely N-dealkylation sites (N-methyl/N-ethyl adjacent to an activating group) is 1. The summed E-state index contributed by atoms with van der Waals surface area (Å²) in [5.74, 6) is 1.82. The van der Waals surface area contributed by atoms with Crippen molar-refractivity contribution in [3.8, 4) is 0 Å². The lowest BCUT2D eigenvalue weighted by atomic mass is 10.0. The molecule has 1 saturated heterocycles. The zero-order valence-electron chi connectivity index (χ0n) is 15.7. The Hall–Kier alpha value is -0.0900.